The van der Waals surface area contributed by atoms with Crippen LogP contribution in [0.3, 0.4) is 0 Å². The summed E-state index contributed by atoms with van der Waals surface area (Å²) in [5.74, 6) is -0.611. The summed E-state index contributed by atoms with van der Waals surface area (Å²) in [7, 11) is 1.37. The zero-order valence-corrected chi connectivity index (χ0v) is 9.92. The van der Waals surface area contributed by atoms with Gasteiger partial charge in [-0.2, -0.15) is 0 Å². The van der Waals surface area contributed by atoms with E-state index in [1.54, 1.807) is 4.90 Å². The van der Waals surface area contributed by atoms with Gasteiger partial charge in [0.2, 0.25) is 0 Å². The second-order valence-corrected chi connectivity index (χ2v) is 4.52. The molecule has 0 spiro atoms. The monoisotopic (exact) mass is 253 g/mol. The van der Waals surface area contributed by atoms with Crippen molar-refractivity contribution >= 4 is 35.1 Å². The number of nitrogens with zero attached hydrogens (tertiary/aromatic N) is 1. The summed E-state index contributed by atoms with van der Waals surface area (Å²) in [5, 5.41) is 0. The molecule has 1 fully saturated rings. The van der Waals surface area contributed by atoms with Crippen molar-refractivity contribution in [3.05, 3.63) is 0 Å². The number of rotatable bonds is 2. The average Bonchev–Trinajstić information content (AvgIpc) is 2.27. The van der Waals surface area contributed by atoms with Crippen LogP contribution in [0, 0.1) is 5.92 Å². The largest absolute Gasteiger partial charge is 0.469 e. The highest BCUT2D eigenvalue weighted by atomic mass is 35.5. The molecule has 1 aliphatic rings. The average molecular weight is 254 g/mol. The van der Waals surface area contributed by atoms with Crippen molar-refractivity contribution in [2.24, 2.45) is 5.92 Å². The number of halogens is 2. The molecule has 0 N–H and O–H groups in total. The summed E-state index contributed by atoms with van der Waals surface area (Å²) in [6, 6.07) is 0. The van der Waals surface area contributed by atoms with Crippen LogP contribution < -0.4 is 0 Å². The van der Waals surface area contributed by atoms with Gasteiger partial charge >= 0.3 is 5.97 Å². The van der Waals surface area contributed by atoms with Crippen LogP contribution in [0.5, 0.6) is 0 Å². The molecular formula is C9H13Cl2NO3. The summed E-state index contributed by atoms with van der Waals surface area (Å²) >= 11 is 10.9. The van der Waals surface area contributed by atoms with Crippen LogP contribution in [0.15, 0.2) is 0 Å². The highest BCUT2D eigenvalue weighted by Crippen LogP contribution is 2.20. The Hall–Kier alpha value is -0.480. The molecule has 1 amide bonds. The molecule has 4 nitrogen and oxygen atoms in total. The first kappa shape index (κ1) is 12.6. The predicted molar refractivity (Wildman–Crippen MR) is 56.8 cm³/mol. The SMILES string of the molecule is COC(=O)C1CCN(C(=O)C(Cl)Cl)CC1. The number of hydrogen-bond acceptors (Lipinski definition) is 3. The Labute approximate surface area is 98.5 Å². The van der Waals surface area contributed by atoms with E-state index >= 15 is 0 Å². The van der Waals surface area contributed by atoms with E-state index in [1.807, 2.05) is 0 Å². The van der Waals surface area contributed by atoms with Crippen molar-refractivity contribution < 1.29 is 14.3 Å². The third-order valence-electron chi connectivity index (χ3n) is 2.53. The first-order valence-corrected chi connectivity index (χ1v) is 5.58. The molecule has 0 aliphatic carbocycles. The summed E-state index contributed by atoms with van der Waals surface area (Å²) in [6.45, 7) is 1.02. The second kappa shape index (κ2) is 5.56. The highest BCUT2D eigenvalue weighted by Gasteiger charge is 2.29. The van der Waals surface area contributed by atoms with Crippen molar-refractivity contribution in [1.29, 1.82) is 0 Å². The first-order valence-electron chi connectivity index (χ1n) is 4.71. The molecule has 1 rings (SSSR count). The smallest absolute Gasteiger partial charge is 0.308 e. The molecule has 1 aliphatic heterocycles. The van der Waals surface area contributed by atoms with E-state index in [0.717, 1.165) is 0 Å². The lowest BCUT2D eigenvalue weighted by molar-refractivity contribution is -0.148. The van der Waals surface area contributed by atoms with Crippen LogP contribution in [-0.2, 0) is 14.3 Å². The molecule has 0 radical (unpaired) electrons. The lowest BCUT2D eigenvalue weighted by Crippen LogP contribution is -2.42. The maximum absolute atomic E-state index is 11.4. The molecule has 15 heavy (non-hydrogen) atoms. The number of esters is 1. The molecule has 6 heteroatoms. The van der Waals surface area contributed by atoms with E-state index < -0.39 is 4.84 Å². The Morgan fingerprint density at radius 2 is 1.87 bits per heavy atom. The number of carbonyl (C=O) groups is 2. The fraction of sp³-hybridized carbons (Fsp3) is 0.778. The summed E-state index contributed by atoms with van der Waals surface area (Å²) in [6.07, 6.45) is 1.22. The summed E-state index contributed by atoms with van der Waals surface area (Å²) in [4.78, 5) is 23.1. The van der Waals surface area contributed by atoms with Gasteiger partial charge in [-0.05, 0) is 12.8 Å². The maximum atomic E-state index is 11.4. The third-order valence-corrected chi connectivity index (χ3v) is 2.90. The zero-order chi connectivity index (χ0) is 11.4. The Morgan fingerprint density at radius 1 is 1.33 bits per heavy atom. The quantitative estimate of drug-likeness (QED) is 0.549. The third kappa shape index (κ3) is 3.24. The van der Waals surface area contributed by atoms with Crippen LogP contribution in [0.4, 0.5) is 0 Å². The van der Waals surface area contributed by atoms with Gasteiger partial charge in [0.15, 0.2) is 4.84 Å². The molecule has 0 aromatic rings. The van der Waals surface area contributed by atoms with E-state index in [2.05, 4.69) is 4.74 Å². The van der Waals surface area contributed by atoms with E-state index in [4.69, 9.17) is 23.2 Å². The normalized spacial score (nSPS) is 18.0. The topological polar surface area (TPSA) is 46.6 Å². The van der Waals surface area contributed by atoms with Crippen molar-refractivity contribution in [2.45, 2.75) is 17.7 Å². The Balaban J connectivity index is 2.42. The van der Waals surface area contributed by atoms with Crippen molar-refractivity contribution in [1.82, 2.24) is 4.90 Å². The van der Waals surface area contributed by atoms with Gasteiger partial charge in [-0.1, -0.05) is 23.2 Å². The molecule has 1 heterocycles. The van der Waals surface area contributed by atoms with Crippen LogP contribution in [0.25, 0.3) is 0 Å². The second-order valence-electron chi connectivity index (χ2n) is 3.42. The zero-order valence-electron chi connectivity index (χ0n) is 8.41. The molecule has 0 atom stereocenters. The van der Waals surface area contributed by atoms with Gasteiger partial charge in [-0.15, -0.1) is 0 Å². The number of piperidine rings is 1. The lowest BCUT2D eigenvalue weighted by Gasteiger charge is -2.30. The van der Waals surface area contributed by atoms with E-state index in [0.29, 0.717) is 25.9 Å². The van der Waals surface area contributed by atoms with Crippen LogP contribution in [0.2, 0.25) is 0 Å². The molecule has 0 aromatic heterocycles. The van der Waals surface area contributed by atoms with Crippen molar-refractivity contribution in [3.63, 3.8) is 0 Å². The fourth-order valence-electron chi connectivity index (χ4n) is 1.64. The molecule has 0 saturated carbocycles. The van der Waals surface area contributed by atoms with Gasteiger partial charge in [0.1, 0.15) is 0 Å². The summed E-state index contributed by atoms with van der Waals surface area (Å²) in [5.41, 5.74) is 0. The van der Waals surface area contributed by atoms with Gasteiger partial charge in [0.05, 0.1) is 13.0 Å². The summed E-state index contributed by atoms with van der Waals surface area (Å²) < 4.78 is 4.64. The van der Waals surface area contributed by atoms with E-state index in [9.17, 15) is 9.59 Å². The first-order chi connectivity index (χ1) is 7.06. The lowest BCUT2D eigenvalue weighted by atomic mass is 9.97. The van der Waals surface area contributed by atoms with Gasteiger partial charge in [0.25, 0.3) is 5.91 Å². The number of likely N-dealkylation sites (tertiary alicyclic amines) is 1. The van der Waals surface area contributed by atoms with Gasteiger partial charge in [-0.25, -0.2) is 0 Å². The maximum Gasteiger partial charge on any atom is 0.308 e. The Kier molecular flexibility index (Phi) is 4.67. The molecule has 0 aromatic carbocycles. The standard InChI is InChI=1S/C9H13Cl2NO3/c1-15-9(14)6-2-4-12(5-3-6)8(13)7(10)11/h6-7H,2-5H2,1H3. The van der Waals surface area contributed by atoms with Gasteiger partial charge in [0, 0.05) is 13.1 Å². The number of amides is 1. The Bertz CT molecular complexity index is 250. The van der Waals surface area contributed by atoms with Crippen LogP contribution in [-0.4, -0.2) is 41.8 Å². The number of ether oxygens (including phenoxy) is 1. The number of alkyl halides is 2. The predicted octanol–water partition coefficient (Wildman–Crippen LogP) is 1.20. The highest BCUT2D eigenvalue weighted by molar-refractivity contribution is 6.53. The molecular weight excluding hydrogens is 241 g/mol. The number of hydrogen-bond donors (Lipinski definition) is 0. The molecule has 1 saturated heterocycles. The molecule has 0 unspecified atom stereocenters. The van der Waals surface area contributed by atoms with Crippen LogP contribution in [0.1, 0.15) is 12.8 Å². The van der Waals surface area contributed by atoms with Crippen LogP contribution >= 0.6 is 23.2 Å². The fourth-order valence-corrected chi connectivity index (χ4v) is 1.92. The van der Waals surface area contributed by atoms with Gasteiger partial charge in [-0.3, -0.25) is 9.59 Å². The van der Waals surface area contributed by atoms with E-state index in [-0.39, 0.29) is 17.8 Å². The Morgan fingerprint density at radius 3 is 2.27 bits per heavy atom. The molecule has 86 valence electrons. The minimum Gasteiger partial charge on any atom is -0.469 e. The number of carbonyl (C=O) groups excluding carboxylic acids is 2. The molecule has 0 bridgehead atoms. The minimum atomic E-state index is -1.01. The van der Waals surface area contributed by atoms with Gasteiger partial charge < -0.3 is 9.64 Å². The van der Waals surface area contributed by atoms with Crippen molar-refractivity contribution in [2.75, 3.05) is 20.2 Å². The van der Waals surface area contributed by atoms with Crippen molar-refractivity contribution in [3.8, 4) is 0 Å². The van der Waals surface area contributed by atoms with E-state index in [1.165, 1.54) is 7.11 Å². The minimum absolute atomic E-state index is 0.108. The number of methoxy groups -OCH3 is 1.